The molecule has 0 atom stereocenters. The van der Waals surface area contributed by atoms with Crippen molar-refractivity contribution >= 4 is 6.34 Å². The Morgan fingerprint density at radius 1 is 1.80 bits per heavy atom. The molecule has 0 aliphatic carbocycles. The Kier molecular flexibility index (Phi) is 1.75. The second kappa shape index (κ2) is 2.73. The molecule has 10 heavy (non-hydrogen) atoms. The van der Waals surface area contributed by atoms with Crippen LogP contribution >= 0.6 is 0 Å². The van der Waals surface area contributed by atoms with Crippen LogP contribution in [0.4, 0.5) is 0 Å². The first kappa shape index (κ1) is 6.42. The minimum Gasteiger partial charge on any atom is -0.461 e. The van der Waals surface area contributed by atoms with Gasteiger partial charge in [0, 0.05) is 0 Å². The van der Waals surface area contributed by atoms with Crippen molar-refractivity contribution in [3.8, 4) is 6.07 Å². The average molecular weight is 136 g/mol. The maximum atomic E-state index is 8.38. The van der Waals surface area contributed by atoms with Crippen LogP contribution in [0.25, 0.3) is 0 Å². The number of rotatable bonds is 1. The Balaban J connectivity index is 3.01. The first-order chi connectivity index (χ1) is 4.88. The van der Waals surface area contributed by atoms with E-state index in [0.29, 0.717) is 0 Å². The van der Waals surface area contributed by atoms with Crippen LogP contribution in [0.2, 0.25) is 0 Å². The van der Waals surface area contributed by atoms with Gasteiger partial charge in [0.1, 0.15) is 6.07 Å². The Hall–Kier alpha value is -1.70. The van der Waals surface area contributed by atoms with Gasteiger partial charge in [-0.15, -0.1) is 0 Å². The van der Waals surface area contributed by atoms with Crippen molar-refractivity contribution in [1.82, 2.24) is 5.11 Å². The fraction of sp³-hybridized carbons (Fsp3) is 0.200. The minimum atomic E-state index is 0.102. The lowest BCUT2D eigenvalue weighted by molar-refractivity contribution is 0.283. The lowest BCUT2D eigenvalue weighted by atomic mass is 10.5. The molecule has 0 saturated carbocycles. The van der Waals surface area contributed by atoms with E-state index in [1.54, 1.807) is 6.07 Å². The van der Waals surface area contributed by atoms with Gasteiger partial charge < -0.3 is 4.74 Å². The third-order valence-corrected chi connectivity index (χ3v) is 0.886. The second-order valence-corrected chi connectivity index (χ2v) is 1.43. The molecule has 5 heteroatoms. The molecule has 0 amide bonds. The number of ether oxygens (including phenoxy) is 1. The number of methoxy groups -OCH3 is 1. The molecule has 0 saturated heterocycles. The van der Waals surface area contributed by atoms with Gasteiger partial charge >= 0.3 is 12.2 Å². The third kappa shape index (κ3) is 1.00. The highest BCUT2D eigenvalue weighted by atomic mass is 16.5. The van der Waals surface area contributed by atoms with Crippen LogP contribution in [0, 0.1) is 11.3 Å². The molecule has 0 fully saturated rings. The summed E-state index contributed by atoms with van der Waals surface area (Å²) in [5.41, 5.74) is 0.102. The SMILES string of the molecule is COC1=C(C#N)N=[N+]C=N1. The predicted molar refractivity (Wildman–Crippen MR) is 32.7 cm³/mol. The maximum absolute atomic E-state index is 8.38. The molecule has 49 valence electrons. The number of aliphatic imine (C=N–C) groups is 1. The molecular weight excluding hydrogens is 132 g/mol. The molecule has 5 nitrogen and oxygen atoms in total. The minimum absolute atomic E-state index is 0.102. The van der Waals surface area contributed by atoms with Gasteiger partial charge in [0.25, 0.3) is 5.70 Å². The smallest absolute Gasteiger partial charge is 0.369 e. The van der Waals surface area contributed by atoms with Gasteiger partial charge in [0.2, 0.25) is 0 Å². The van der Waals surface area contributed by atoms with Crippen LogP contribution in [0.1, 0.15) is 0 Å². The van der Waals surface area contributed by atoms with E-state index in [4.69, 9.17) is 10.00 Å². The summed E-state index contributed by atoms with van der Waals surface area (Å²) in [7, 11) is 1.42. The molecule has 0 unspecified atom stereocenters. The van der Waals surface area contributed by atoms with Crippen LogP contribution < -0.4 is 5.11 Å². The summed E-state index contributed by atoms with van der Waals surface area (Å²) in [6, 6.07) is 1.79. The number of nitrogens with zero attached hydrogens (tertiary/aromatic N) is 4. The first-order valence-electron chi connectivity index (χ1n) is 2.50. The van der Waals surface area contributed by atoms with E-state index in [-0.39, 0.29) is 11.6 Å². The van der Waals surface area contributed by atoms with E-state index in [1.807, 2.05) is 0 Å². The van der Waals surface area contributed by atoms with Crippen LogP contribution in [0.15, 0.2) is 21.7 Å². The number of nitriles is 1. The quantitative estimate of drug-likeness (QED) is 0.514. The van der Waals surface area contributed by atoms with Crippen molar-refractivity contribution in [2.75, 3.05) is 7.11 Å². The van der Waals surface area contributed by atoms with Crippen molar-refractivity contribution in [2.24, 2.45) is 10.1 Å². The summed E-state index contributed by atoms with van der Waals surface area (Å²) < 4.78 is 4.70. The monoisotopic (exact) mass is 136 g/mol. The Bertz CT molecular complexity index is 257. The zero-order valence-corrected chi connectivity index (χ0v) is 5.27. The van der Waals surface area contributed by atoms with E-state index in [9.17, 15) is 0 Å². The van der Waals surface area contributed by atoms with E-state index in [1.165, 1.54) is 13.4 Å². The Labute approximate surface area is 57.4 Å². The number of hydrogen-bond acceptors (Lipinski definition) is 5. The molecule has 0 aromatic rings. The molecule has 1 aliphatic rings. The second-order valence-electron chi connectivity index (χ2n) is 1.43. The lowest BCUT2D eigenvalue weighted by Gasteiger charge is -1.90. The van der Waals surface area contributed by atoms with Crippen LogP contribution in [0.5, 0.6) is 0 Å². The summed E-state index contributed by atoms with van der Waals surface area (Å²) in [4.78, 5) is 3.65. The standard InChI is InChI=1S/C5H4N4O/c1-10-5-4(2-6)9-8-3-7-5/h3H,1H3/q+1. The molecule has 0 N–H and O–H groups in total. The topological polar surface area (TPSA) is 71.8 Å². The summed E-state index contributed by atoms with van der Waals surface area (Å²) in [5, 5.41) is 15.2. The normalized spacial score (nSPS) is 15.2. The first-order valence-corrected chi connectivity index (χ1v) is 2.50. The van der Waals surface area contributed by atoms with Gasteiger partial charge in [-0.05, 0) is 10.1 Å². The zero-order valence-electron chi connectivity index (χ0n) is 5.27. The fourth-order valence-corrected chi connectivity index (χ4v) is 0.485. The molecule has 0 spiro atoms. The summed E-state index contributed by atoms with van der Waals surface area (Å²) >= 11 is 0. The van der Waals surface area contributed by atoms with Gasteiger partial charge in [-0.25, -0.2) is 0 Å². The molecule has 0 aromatic carbocycles. The van der Waals surface area contributed by atoms with Crippen LogP contribution in [-0.4, -0.2) is 13.4 Å². The van der Waals surface area contributed by atoms with Gasteiger partial charge in [-0.2, -0.15) is 5.26 Å². The fourth-order valence-electron chi connectivity index (χ4n) is 0.485. The highest BCUT2D eigenvalue weighted by Crippen LogP contribution is 2.07. The van der Waals surface area contributed by atoms with E-state index < -0.39 is 0 Å². The number of allylic oxidation sites excluding steroid dienone is 1. The van der Waals surface area contributed by atoms with E-state index in [0.717, 1.165) is 0 Å². The average Bonchev–Trinajstić information content (AvgIpc) is 2.04. The predicted octanol–water partition coefficient (Wildman–Crippen LogP) is 0.155. The number of hydrogen-bond donors (Lipinski definition) is 0. The van der Waals surface area contributed by atoms with E-state index >= 15 is 0 Å². The summed E-state index contributed by atoms with van der Waals surface area (Å²) in [6.07, 6.45) is 1.22. The van der Waals surface area contributed by atoms with Gasteiger partial charge in [-0.1, -0.05) is 0 Å². The highest BCUT2D eigenvalue weighted by molar-refractivity contribution is 5.55. The van der Waals surface area contributed by atoms with Crippen molar-refractivity contribution in [3.05, 3.63) is 11.6 Å². The molecule has 1 heterocycles. The molecular formula is C5H4N4O+. The molecule has 1 radical (unpaired) electrons. The lowest BCUT2D eigenvalue weighted by Crippen LogP contribution is -1.97. The Morgan fingerprint density at radius 2 is 2.60 bits per heavy atom. The zero-order chi connectivity index (χ0) is 7.40. The van der Waals surface area contributed by atoms with Crippen molar-refractivity contribution < 1.29 is 4.74 Å². The molecule has 1 aliphatic heterocycles. The Morgan fingerprint density at radius 3 is 3.10 bits per heavy atom. The third-order valence-electron chi connectivity index (χ3n) is 0.886. The summed E-state index contributed by atoms with van der Waals surface area (Å²) in [5.74, 6) is 0.206. The highest BCUT2D eigenvalue weighted by Gasteiger charge is 2.15. The number of azo groups is 1. The summed E-state index contributed by atoms with van der Waals surface area (Å²) in [6.45, 7) is 0. The van der Waals surface area contributed by atoms with Gasteiger partial charge in [-0.3, -0.25) is 0 Å². The molecule has 0 bridgehead atoms. The van der Waals surface area contributed by atoms with E-state index in [2.05, 4.69) is 15.2 Å². The molecule has 0 aromatic heterocycles. The van der Waals surface area contributed by atoms with Crippen molar-refractivity contribution in [1.29, 1.82) is 5.26 Å². The van der Waals surface area contributed by atoms with Gasteiger partial charge in [0.15, 0.2) is 0 Å². The van der Waals surface area contributed by atoms with Crippen molar-refractivity contribution in [3.63, 3.8) is 0 Å². The van der Waals surface area contributed by atoms with Crippen LogP contribution in [-0.2, 0) is 4.74 Å². The maximum Gasteiger partial charge on any atom is 0.369 e. The van der Waals surface area contributed by atoms with Gasteiger partial charge in [0.05, 0.1) is 12.2 Å². The largest absolute Gasteiger partial charge is 0.461 e. The van der Waals surface area contributed by atoms with Crippen molar-refractivity contribution in [2.45, 2.75) is 0 Å². The van der Waals surface area contributed by atoms with Crippen LogP contribution in [0.3, 0.4) is 0 Å². The molecule has 1 rings (SSSR count).